The Morgan fingerprint density at radius 1 is 1.16 bits per heavy atom. The second-order valence-corrected chi connectivity index (χ2v) is 8.06. The van der Waals surface area contributed by atoms with Gasteiger partial charge >= 0.3 is 5.97 Å². The molecule has 1 rings (SSSR count). The van der Waals surface area contributed by atoms with Gasteiger partial charge in [0, 0.05) is 11.9 Å². The van der Waals surface area contributed by atoms with Crippen molar-refractivity contribution in [2.45, 2.75) is 0 Å². The summed E-state index contributed by atoms with van der Waals surface area (Å²) in [6.07, 6.45) is 0.826. The SMILES string of the molecule is COC(=O)c1ccc(NS(=O)(=O)CS(C)(=O)=O)cc1. The largest absolute Gasteiger partial charge is 0.465 e. The molecule has 0 aliphatic carbocycles. The number of nitrogens with one attached hydrogen (secondary N) is 1. The molecule has 0 unspecified atom stereocenters. The highest BCUT2D eigenvalue weighted by Crippen LogP contribution is 2.12. The van der Waals surface area contributed by atoms with E-state index >= 15 is 0 Å². The van der Waals surface area contributed by atoms with Crippen LogP contribution in [0.5, 0.6) is 0 Å². The van der Waals surface area contributed by atoms with E-state index in [-0.39, 0.29) is 11.3 Å². The molecule has 0 bridgehead atoms. The summed E-state index contributed by atoms with van der Waals surface area (Å²) in [5, 5.41) is -1.00. The highest BCUT2D eigenvalue weighted by Gasteiger charge is 2.18. The van der Waals surface area contributed by atoms with Crippen molar-refractivity contribution in [3.05, 3.63) is 29.8 Å². The molecule has 0 aromatic heterocycles. The van der Waals surface area contributed by atoms with Gasteiger partial charge in [0.2, 0.25) is 10.0 Å². The molecule has 0 atom stereocenters. The molecule has 0 heterocycles. The molecule has 0 amide bonds. The maximum Gasteiger partial charge on any atom is 0.337 e. The number of carbonyl (C=O) groups excluding carboxylic acids is 1. The Hall–Kier alpha value is -1.61. The average Bonchev–Trinajstić information content (AvgIpc) is 2.25. The van der Waals surface area contributed by atoms with Crippen LogP contribution in [0.4, 0.5) is 5.69 Å². The van der Waals surface area contributed by atoms with Crippen LogP contribution in [0.1, 0.15) is 10.4 Å². The fourth-order valence-corrected chi connectivity index (χ4v) is 4.27. The third kappa shape index (κ3) is 5.26. The second kappa shape index (κ2) is 5.57. The Bertz CT molecular complexity index is 660. The van der Waals surface area contributed by atoms with E-state index in [4.69, 9.17) is 0 Å². The summed E-state index contributed by atoms with van der Waals surface area (Å²) in [5.41, 5.74) is 0.421. The van der Waals surface area contributed by atoms with E-state index in [1.165, 1.54) is 31.4 Å². The van der Waals surface area contributed by atoms with Crippen LogP contribution in [-0.2, 0) is 24.6 Å². The van der Waals surface area contributed by atoms with Crippen molar-refractivity contribution in [1.82, 2.24) is 0 Å². The number of benzene rings is 1. The zero-order chi connectivity index (χ0) is 14.7. The molecule has 1 N–H and O–H groups in total. The predicted octanol–water partition coefficient (Wildman–Crippen LogP) is 0.217. The summed E-state index contributed by atoms with van der Waals surface area (Å²) < 4.78 is 51.5. The molecule has 106 valence electrons. The molecular weight excluding hydrogens is 294 g/mol. The van der Waals surface area contributed by atoms with Crippen molar-refractivity contribution in [2.24, 2.45) is 0 Å². The quantitative estimate of drug-likeness (QED) is 0.780. The van der Waals surface area contributed by atoms with E-state index in [0.717, 1.165) is 6.26 Å². The minimum Gasteiger partial charge on any atom is -0.465 e. The van der Waals surface area contributed by atoms with E-state index in [2.05, 4.69) is 9.46 Å². The molecule has 0 aliphatic heterocycles. The summed E-state index contributed by atoms with van der Waals surface area (Å²) in [4.78, 5) is 11.2. The topological polar surface area (TPSA) is 107 Å². The summed E-state index contributed by atoms with van der Waals surface area (Å²) in [6.45, 7) is 0. The number of hydrogen-bond donors (Lipinski definition) is 1. The second-order valence-electron chi connectivity index (χ2n) is 3.83. The lowest BCUT2D eigenvalue weighted by Gasteiger charge is -2.07. The van der Waals surface area contributed by atoms with Crippen molar-refractivity contribution in [3.8, 4) is 0 Å². The molecule has 1 aromatic carbocycles. The van der Waals surface area contributed by atoms with Gasteiger partial charge in [-0.3, -0.25) is 4.72 Å². The number of methoxy groups -OCH3 is 1. The van der Waals surface area contributed by atoms with Crippen molar-refractivity contribution in [3.63, 3.8) is 0 Å². The predicted molar refractivity (Wildman–Crippen MR) is 70.0 cm³/mol. The monoisotopic (exact) mass is 307 g/mol. The molecule has 0 spiro atoms. The Kier molecular flexibility index (Phi) is 4.53. The van der Waals surface area contributed by atoms with Gasteiger partial charge in [0.1, 0.15) is 0 Å². The maximum atomic E-state index is 11.5. The van der Waals surface area contributed by atoms with Crippen LogP contribution in [0, 0.1) is 0 Å². The molecule has 7 nitrogen and oxygen atoms in total. The first-order chi connectivity index (χ1) is 8.63. The van der Waals surface area contributed by atoms with Gasteiger partial charge in [-0.25, -0.2) is 21.6 Å². The fraction of sp³-hybridized carbons (Fsp3) is 0.300. The van der Waals surface area contributed by atoms with E-state index in [9.17, 15) is 21.6 Å². The smallest absolute Gasteiger partial charge is 0.337 e. The minimum absolute atomic E-state index is 0.163. The van der Waals surface area contributed by atoms with E-state index in [0.29, 0.717) is 0 Å². The molecular formula is C10H13NO6S2. The number of anilines is 1. The van der Waals surface area contributed by atoms with Gasteiger partial charge in [-0.1, -0.05) is 0 Å². The van der Waals surface area contributed by atoms with Gasteiger partial charge in [0.15, 0.2) is 14.9 Å². The highest BCUT2D eigenvalue weighted by molar-refractivity contribution is 8.08. The summed E-state index contributed by atoms with van der Waals surface area (Å²) in [5.74, 6) is -0.550. The van der Waals surface area contributed by atoms with Crippen LogP contribution in [0.2, 0.25) is 0 Å². The lowest BCUT2D eigenvalue weighted by molar-refractivity contribution is 0.0600. The molecule has 0 radical (unpaired) electrons. The van der Waals surface area contributed by atoms with E-state index in [1.54, 1.807) is 0 Å². The van der Waals surface area contributed by atoms with Crippen molar-refractivity contribution in [2.75, 3.05) is 23.2 Å². The average molecular weight is 307 g/mol. The highest BCUT2D eigenvalue weighted by atomic mass is 32.3. The maximum absolute atomic E-state index is 11.5. The fourth-order valence-electron chi connectivity index (χ4n) is 1.28. The number of esters is 1. The van der Waals surface area contributed by atoms with Crippen LogP contribution in [0.15, 0.2) is 24.3 Å². The molecule has 0 saturated carbocycles. The lowest BCUT2D eigenvalue weighted by atomic mass is 10.2. The number of hydrogen-bond acceptors (Lipinski definition) is 6. The Morgan fingerprint density at radius 3 is 2.11 bits per heavy atom. The Balaban J connectivity index is 2.87. The van der Waals surface area contributed by atoms with Gasteiger partial charge < -0.3 is 4.74 Å². The van der Waals surface area contributed by atoms with Crippen LogP contribution in [0.3, 0.4) is 0 Å². The van der Waals surface area contributed by atoms with Gasteiger partial charge in [-0.2, -0.15) is 0 Å². The third-order valence-corrected chi connectivity index (χ3v) is 5.45. The van der Waals surface area contributed by atoms with Crippen LogP contribution >= 0.6 is 0 Å². The molecule has 0 saturated heterocycles. The number of sulfonamides is 1. The summed E-state index contributed by atoms with van der Waals surface area (Å²) in [6, 6.07) is 5.41. The summed E-state index contributed by atoms with van der Waals surface area (Å²) >= 11 is 0. The normalized spacial score (nSPS) is 11.9. The van der Waals surface area contributed by atoms with Gasteiger partial charge in [-0.15, -0.1) is 0 Å². The zero-order valence-corrected chi connectivity index (χ0v) is 11.9. The van der Waals surface area contributed by atoms with E-state index < -0.39 is 30.9 Å². The van der Waals surface area contributed by atoms with Gasteiger partial charge in [0.05, 0.1) is 12.7 Å². The zero-order valence-electron chi connectivity index (χ0n) is 10.3. The number of carbonyl (C=O) groups is 1. The first kappa shape index (κ1) is 15.4. The number of ether oxygens (including phenoxy) is 1. The number of sulfone groups is 1. The molecule has 0 fully saturated rings. The molecule has 0 aliphatic rings. The molecule has 1 aromatic rings. The standard InChI is InChI=1S/C10H13NO6S2/c1-17-10(12)8-3-5-9(6-4-8)11-19(15,16)7-18(2,13)14/h3-6,11H,7H2,1-2H3. The van der Waals surface area contributed by atoms with Crippen molar-refractivity contribution >= 4 is 31.5 Å². The first-order valence-corrected chi connectivity index (χ1v) is 8.71. The summed E-state index contributed by atoms with van der Waals surface area (Å²) in [7, 11) is -6.41. The molecule has 19 heavy (non-hydrogen) atoms. The number of rotatable bonds is 5. The van der Waals surface area contributed by atoms with Crippen LogP contribution in [-0.4, -0.2) is 41.3 Å². The minimum atomic E-state index is -3.99. The van der Waals surface area contributed by atoms with E-state index in [1.807, 2.05) is 0 Å². The Labute approximate surface area is 111 Å². The Morgan fingerprint density at radius 2 is 1.68 bits per heavy atom. The van der Waals surface area contributed by atoms with Gasteiger partial charge in [0.25, 0.3) is 0 Å². The van der Waals surface area contributed by atoms with Crippen molar-refractivity contribution < 1.29 is 26.4 Å². The lowest BCUT2D eigenvalue weighted by Crippen LogP contribution is -2.22. The third-order valence-electron chi connectivity index (χ3n) is 1.95. The van der Waals surface area contributed by atoms with Crippen LogP contribution < -0.4 is 4.72 Å². The van der Waals surface area contributed by atoms with Crippen LogP contribution in [0.25, 0.3) is 0 Å². The van der Waals surface area contributed by atoms with Gasteiger partial charge in [-0.05, 0) is 24.3 Å². The molecule has 9 heteroatoms. The van der Waals surface area contributed by atoms with Crippen molar-refractivity contribution in [1.29, 1.82) is 0 Å². The first-order valence-electron chi connectivity index (χ1n) is 4.99.